The first-order chi connectivity index (χ1) is 9.46. The van der Waals surface area contributed by atoms with Crippen LogP contribution in [-0.4, -0.2) is 30.8 Å². The van der Waals surface area contributed by atoms with Gasteiger partial charge in [0, 0.05) is 11.6 Å². The van der Waals surface area contributed by atoms with Crippen LogP contribution in [0.5, 0.6) is 0 Å². The van der Waals surface area contributed by atoms with Crippen LogP contribution in [-0.2, 0) is 20.8 Å². The lowest BCUT2D eigenvalue weighted by Crippen LogP contribution is -2.39. The summed E-state index contributed by atoms with van der Waals surface area (Å²) in [6, 6.07) is -0.747. The molecule has 0 radical (unpaired) electrons. The minimum Gasteiger partial charge on any atom is -0.346 e. The third-order valence-corrected chi connectivity index (χ3v) is 5.30. The zero-order valence-electron chi connectivity index (χ0n) is 11.6. The molecular weight excluding hydrogens is 329 g/mol. The fourth-order valence-electron chi connectivity index (χ4n) is 1.40. The fraction of sp³-hybridized carbons (Fsp3) is 0.636. The van der Waals surface area contributed by atoms with Gasteiger partial charge in [-0.05, 0) is 13.3 Å². The molecule has 1 N–H and O–H groups in total. The van der Waals surface area contributed by atoms with Crippen molar-refractivity contribution in [2.24, 2.45) is 0 Å². The number of carbonyl (C=O) groups is 1. The van der Waals surface area contributed by atoms with Gasteiger partial charge in [-0.2, -0.15) is 13.2 Å². The summed E-state index contributed by atoms with van der Waals surface area (Å²) in [5.41, 5.74) is -1.02. The summed E-state index contributed by atoms with van der Waals surface area (Å²) >= 11 is 0.775. The monoisotopic (exact) mass is 344 g/mol. The second kappa shape index (κ2) is 6.30. The zero-order valence-corrected chi connectivity index (χ0v) is 13.2. The molecule has 0 spiro atoms. The van der Waals surface area contributed by atoms with E-state index in [1.807, 2.05) is 0 Å². The molecule has 21 heavy (non-hydrogen) atoms. The number of amides is 1. The lowest BCUT2D eigenvalue weighted by Gasteiger charge is -2.17. The Kier molecular flexibility index (Phi) is 5.37. The smallest absolute Gasteiger partial charge is 0.346 e. The molecule has 0 saturated heterocycles. The maximum Gasteiger partial charge on any atom is 0.434 e. The summed E-state index contributed by atoms with van der Waals surface area (Å²) in [6.07, 6.45) is -3.33. The molecule has 0 aliphatic heterocycles. The summed E-state index contributed by atoms with van der Waals surface area (Å²) < 4.78 is 60.1. The number of nitrogens with one attached hydrogen (secondary N) is 1. The van der Waals surface area contributed by atoms with Crippen LogP contribution in [0.15, 0.2) is 5.38 Å². The number of nitrogens with zero attached hydrogens (tertiary/aromatic N) is 1. The normalized spacial score (nSPS) is 15.5. The number of sulfone groups is 1. The quantitative estimate of drug-likeness (QED) is 0.888. The summed E-state index contributed by atoms with van der Waals surface area (Å²) in [6.45, 7) is 2.88. The van der Waals surface area contributed by atoms with Crippen molar-refractivity contribution in [1.82, 2.24) is 10.3 Å². The molecule has 0 unspecified atom stereocenters. The zero-order chi connectivity index (χ0) is 16.4. The number of aromatic nitrogens is 1. The van der Waals surface area contributed by atoms with Crippen LogP contribution in [0.4, 0.5) is 13.2 Å². The molecule has 1 heterocycles. The molecule has 0 aromatic carbocycles. The van der Waals surface area contributed by atoms with Crippen LogP contribution in [0.25, 0.3) is 0 Å². The highest BCUT2D eigenvalue weighted by molar-refractivity contribution is 7.92. The van der Waals surface area contributed by atoms with Gasteiger partial charge in [-0.1, -0.05) is 6.92 Å². The van der Waals surface area contributed by atoms with Crippen LogP contribution < -0.4 is 5.32 Å². The number of thiazole rings is 1. The average molecular weight is 344 g/mol. The predicted molar refractivity (Wildman–Crippen MR) is 72.6 cm³/mol. The lowest BCUT2D eigenvalue weighted by molar-refractivity contribution is -0.140. The highest BCUT2D eigenvalue weighted by Crippen LogP contribution is 2.32. The Labute approximate surface area is 124 Å². The summed E-state index contributed by atoms with van der Waals surface area (Å²) in [4.78, 5) is 15.3. The van der Waals surface area contributed by atoms with E-state index in [4.69, 9.17) is 0 Å². The second-order valence-electron chi connectivity index (χ2n) is 4.51. The Morgan fingerprint density at radius 3 is 2.43 bits per heavy atom. The second-order valence-corrected chi connectivity index (χ2v) is 7.77. The molecule has 2 atom stereocenters. The highest BCUT2D eigenvalue weighted by atomic mass is 32.2. The molecule has 5 nitrogen and oxygen atoms in total. The minimum absolute atomic E-state index is 0.0962. The van der Waals surface area contributed by atoms with E-state index in [1.54, 1.807) is 6.92 Å². The van der Waals surface area contributed by atoms with E-state index in [-0.39, 0.29) is 5.01 Å². The van der Waals surface area contributed by atoms with Crippen LogP contribution in [0, 0.1) is 0 Å². The van der Waals surface area contributed by atoms with Crippen molar-refractivity contribution in [1.29, 1.82) is 0 Å². The van der Waals surface area contributed by atoms with Crippen molar-refractivity contribution in [2.45, 2.75) is 37.7 Å². The number of carbonyl (C=O) groups excluding carboxylic acids is 1. The molecule has 1 amide bonds. The number of alkyl halides is 3. The summed E-state index contributed by atoms with van der Waals surface area (Å²) in [7, 11) is -3.57. The van der Waals surface area contributed by atoms with Gasteiger partial charge in [-0.25, -0.2) is 13.4 Å². The van der Waals surface area contributed by atoms with E-state index in [9.17, 15) is 26.4 Å². The number of hydrogen-bond acceptors (Lipinski definition) is 5. The fourth-order valence-corrected chi connectivity index (χ4v) is 2.82. The molecule has 120 valence electrons. The van der Waals surface area contributed by atoms with Crippen molar-refractivity contribution >= 4 is 27.1 Å². The lowest BCUT2D eigenvalue weighted by atomic mass is 10.2. The van der Waals surface area contributed by atoms with Crippen molar-refractivity contribution in [3.8, 4) is 0 Å². The molecule has 10 heteroatoms. The molecular formula is C11H15F3N2O3S2. The van der Waals surface area contributed by atoms with E-state index < -0.39 is 38.9 Å². The van der Waals surface area contributed by atoms with E-state index >= 15 is 0 Å². The van der Waals surface area contributed by atoms with Gasteiger partial charge in [0.05, 0.1) is 6.04 Å². The minimum atomic E-state index is -4.54. The summed E-state index contributed by atoms with van der Waals surface area (Å²) in [5.74, 6) is -0.756. The van der Waals surface area contributed by atoms with Gasteiger partial charge in [-0.15, -0.1) is 11.3 Å². The molecule has 0 aliphatic carbocycles. The van der Waals surface area contributed by atoms with Crippen LogP contribution in [0.2, 0.25) is 0 Å². The van der Waals surface area contributed by atoms with E-state index in [0.29, 0.717) is 6.42 Å². The van der Waals surface area contributed by atoms with Gasteiger partial charge in [0.25, 0.3) is 0 Å². The largest absolute Gasteiger partial charge is 0.434 e. The van der Waals surface area contributed by atoms with Gasteiger partial charge in [0.1, 0.15) is 10.3 Å². The average Bonchev–Trinajstić information content (AvgIpc) is 2.82. The van der Waals surface area contributed by atoms with E-state index in [0.717, 1.165) is 23.0 Å². The van der Waals surface area contributed by atoms with E-state index in [2.05, 4.69) is 10.3 Å². The molecule has 1 aromatic rings. The van der Waals surface area contributed by atoms with Crippen LogP contribution >= 0.6 is 11.3 Å². The van der Waals surface area contributed by atoms with E-state index in [1.165, 1.54) is 6.92 Å². The first-order valence-corrected chi connectivity index (χ1v) is 8.82. The van der Waals surface area contributed by atoms with Gasteiger partial charge >= 0.3 is 6.18 Å². The van der Waals surface area contributed by atoms with Crippen LogP contribution in [0.3, 0.4) is 0 Å². The Morgan fingerprint density at radius 2 is 2.05 bits per heavy atom. The maximum absolute atomic E-state index is 12.5. The van der Waals surface area contributed by atoms with Gasteiger partial charge in [-0.3, -0.25) is 4.79 Å². The molecule has 1 aromatic heterocycles. The molecule has 1 rings (SSSR count). The highest BCUT2D eigenvalue weighted by Gasteiger charge is 2.35. The topological polar surface area (TPSA) is 76.1 Å². The van der Waals surface area contributed by atoms with Crippen molar-refractivity contribution in [2.75, 3.05) is 6.26 Å². The van der Waals surface area contributed by atoms with Gasteiger partial charge in [0.15, 0.2) is 15.5 Å². The Balaban J connectivity index is 2.90. The SMILES string of the molecule is CC[C@@H](NC(=O)[C@H](C)S(C)(=O)=O)c1nc(C(F)(F)F)cs1. The number of halogens is 3. The third-order valence-electron chi connectivity index (χ3n) is 2.85. The van der Waals surface area contributed by atoms with Gasteiger partial charge in [0.2, 0.25) is 5.91 Å². The molecule has 0 bridgehead atoms. The Hall–Kier alpha value is -1.16. The predicted octanol–water partition coefficient (Wildman–Crippen LogP) is 2.16. The summed E-state index contributed by atoms with van der Waals surface area (Å²) in [5, 5.41) is 2.11. The Bertz CT molecular complexity index is 610. The third kappa shape index (κ3) is 4.67. The van der Waals surface area contributed by atoms with Crippen molar-refractivity contribution in [3.05, 3.63) is 16.1 Å². The number of hydrogen-bond donors (Lipinski definition) is 1. The van der Waals surface area contributed by atoms with Crippen molar-refractivity contribution < 1.29 is 26.4 Å². The first-order valence-electron chi connectivity index (χ1n) is 5.98. The number of rotatable bonds is 5. The molecule has 0 fully saturated rings. The Morgan fingerprint density at radius 1 is 1.48 bits per heavy atom. The van der Waals surface area contributed by atoms with Crippen molar-refractivity contribution in [3.63, 3.8) is 0 Å². The molecule has 0 aliphatic rings. The van der Waals surface area contributed by atoms with Crippen LogP contribution in [0.1, 0.15) is 37.0 Å². The first kappa shape index (κ1) is 17.9. The maximum atomic E-state index is 12.5. The van der Waals surface area contributed by atoms with Gasteiger partial charge < -0.3 is 5.32 Å². The standard InChI is InChI=1S/C11H15F3N2O3S2/c1-4-7(15-9(17)6(2)21(3,18)19)10-16-8(5-20-10)11(12,13)14/h5-7H,4H2,1-3H3,(H,15,17)/t6-,7+/m0/s1. The molecule has 0 saturated carbocycles.